The molecule has 21 heavy (non-hydrogen) atoms. The minimum absolute atomic E-state index is 0.263. The monoisotopic (exact) mass is 364 g/mol. The third kappa shape index (κ3) is 3.28. The van der Waals surface area contributed by atoms with Gasteiger partial charge in [-0.3, -0.25) is 0 Å². The molecule has 1 heterocycles. The summed E-state index contributed by atoms with van der Waals surface area (Å²) in [7, 11) is 0. The summed E-state index contributed by atoms with van der Waals surface area (Å²) in [6.07, 6.45) is 0. The van der Waals surface area contributed by atoms with Crippen LogP contribution in [0.2, 0.25) is 0 Å². The number of thiocarbonyl (C=S) groups is 1. The Bertz CT molecular complexity index is 706. The molecule has 1 aliphatic heterocycles. The molecule has 2 aromatic carbocycles. The lowest BCUT2D eigenvalue weighted by Crippen LogP contribution is -2.19. The van der Waals surface area contributed by atoms with E-state index in [4.69, 9.17) is 21.7 Å². The zero-order chi connectivity index (χ0) is 14.8. The molecule has 3 rings (SSSR count). The van der Waals surface area contributed by atoms with Gasteiger partial charge in [-0.15, -0.1) is 0 Å². The lowest BCUT2D eigenvalue weighted by molar-refractivity contribution is 0.174. The first kappa shape index (κ1) is 14.2. The van der Waals surface area contributed by atoms with Gasteiger partial charge in [0.15, 0.2) is 16.6 Å². The van der Waals surface area contributed by atoms with Gasteiger partial charge >= 0.3 is 0 Å². The minimum atomic E-state index is 0.263. The minimum Gasteiger partial charge on any atom is -0.454 e. The number of fused-ring (bicyclic) bond motifs is 1. The summed E-state index contributed by atoms with van der Waals surface area (Å²) in [5.41, 5.74) is 2.93. The number of halogens is 1. The second-order valence-corrected chi connectivity index (χ2v) is 5.93. The van der Waals surface area contributed by atoms with Gasteiger partial charge in [0, 0.05) is 21.9 Å². The van der Waals surface area contributed by atoms with Gasteiger partial charge in [0.05, 0.1) is 0 Å². The van der Waals surface area contributed by atoms with E-state index >= 15 is 0 Å². The Morgan fingerprint density at radius 3 is 2.71 bits per heavy atom. The molecule has 0 saturated carbocycles. The smallest absolute Gasteiger partial charge is 0.231 e. The number of aryl methyl sites for hydroxylation is 1. The molecule has 1 aliphatic rings. The predicted octanol–water partition coefficient (Wildman–Crippen LogP) is 4.30. The second-order valence-electron chi connectivity index (χ2n) is 4.61. The van der Waals surface area contributed by atoms with Crippen molar-refractivity contribution in [2.75, 3.05) is 17.4 Å². The summed E-state index contributed by atoms with van der Waals surface area (Å²) in [6.45, 7) is 2.29. The van der Waals surface area contributed by atoms with E-state index in [1.165, 1.54) is 0 Å². The van der Waals surface area contributed by atoms with Crippen molar-refractivity contribution >= 4 is 44.6 Å². The number of hydrogen-bond donors (Lipinski definition) is 2. The molecule has 0 saturated heterocycles. The highest BCUT2D eigenvalue weighted by Crippen LogP contribution is 2.34. The fraction of sp³-hybridized carbons (Fsp3) is 0.133. The molecular weight excluding hydrogens is 352 g/mol. The van der Waals surface area contributed by atoms with E-state index in [9.17, 15) is 0 Å². The zero-order valence-corrected chi connectivity index (χ0v) is 13.7. The van der Waals surface area contributed by atoms with Gasteiger partial charge in [0.25, 0.3) is 0 Å². The van der Waals surface area contributed by atoms with Crippen LogP contribution in [0.5, 0.6) is 11.5 Å². The van der Waals surface area contributed by atoms with Crippen LogP contribution in [0, 0.1) is 6.92 Å². The maximum absolute atomic E-state index is 5.34. The quantitative estimate of drug-likeness (QED) is 0.777. The van der Waals surface area contributed by atoms with Crippen molar-refractivity contribution in [1.29, 1.82) is 0 Å². The number of nitrogens with one attached hydrogen (secondary N) is 2. The Hall–Kier alpha value is -1.79. The summed E-state index contributed by atoms with van der Waals surface area (Å²) in [4.78, 5) is 0. The van der Waals surface area contributed by atoms with Crippen molar-refractivity contribution in [2.24, 2.45) is 0 Å². The largest absolute Gasteiger partial charge is 0.454 e. The van der Waals surface area contributed by atoms with Gasteiger partial charge < -0.3 is 20.1 Å². The molecule has 0 radical (unpaired) electrons. The van der Waals surface area contributed by atoms with E-state index in [-0.39, 0.29) is 6.79 Å². The summed E-state index contributed by atoms with van der Waals surface area (Å²) in [5.74, 6) is 1.48. The van der Waals surface area contributed by atoms with Crippen molar-refractivity contribution in [3.05, 3.63) is 46.4 Å². The van der Waals surface area contributed by atoms with Gasteiger partial charge in [-0.05, 0) is 55.0 Å². The van der Waals surface area contributed by atoms with Crippen molar-refractivity contribution in [1.82, 2.24) is 0 Å². The van der Waals surface area contributed by atoms with Gasteiger partial charge in [-0.2, -0.15) is 0 Å². The fourth-order valence-corrected chi connectivity index (χ4v) is 2.73. The number of hydrogen-bond acceptors (Lipinski definition) is 3. The second kappa shape index (κ2) is 5.91. The van der Waals surface area contributed by atoms with Crippen molar-refractivity contribution in [3.8, 4) is 11.5 Å². The Balaban J connectivity index is 1.69. The topological polar surface area (TPSA) is 42.5 Å². The summed E-state index contributed by atoms with van der Waals surface area (Å²) < 4.78 is 11.7. The first-order chi connectivity index (χ1) is 10.1. The predicted molar refractivity (Wildman–Crippen MR) is 91.3 cm³/mol. The number of benzene rings is 2. The van der Waals surface area contributed by atoms with Gasteiger partial charge in [-0.25, -0.2) is 0 Å². The molecule has 2 aromatic rings. The van der Waals surface area contributed by atoms with Crippen LogP contribution in [-0.4, -0.2) is 11.9 Å². The Morgan fingerprint density at radius 2 is 1.90 bits per heavy atom. The molecule has 0 atom stereocenters. The van der Waals surface area contributed by atoms with E-state index in [0.717, 1.165) is 32.9 Å². The summed E-state index contributed by atoms with van der Waals surface area (Å²) in [5, 5.41) is 6.84. The van der Waals surface area contributed by atoms with Crippen molar-refractivity contribution in [2.45, 2.75) is 6.92 Å². The van der Waals surface area contributed by atoms with Gasteiger partial charge in [-0.1, -0.05) is 15.9 Å². The lowest BCUT2D eigenvalue weighted by Gasteiger charge is -2.13. The maximum Gasteiger partial charge on any atom is 0.231 e. The van der Waals surface area contributed by atoms with Crippen LogP contribution in [0.3, 0.4) is 0 Å². The molecule has 4 nitrogen and oxygen atoms in total. The van der Waals surface area contributed by atoms with E-state index < -0.39 is 0 Å². The average Bonchev–Trinajstić information content (AvgIpc) is 2.89. The lowest BCUT2D eigenvalue weighted by atomic mass is 10.2. The molecule has 0 bridgehead atoms. The molecule has 2 N–H and O–H groups in total. The molecular formula is C15H13BrN2O2S. The van der Waals surface area contributed by atoms with Crippen LogP contribution in [-0.2, 0) is 0 Å². The zero-order valence-electron chi connectivity index (χ0n) is 11.3. The van der Waals surface area contributed by atoms with Crippen LogP contribution in [0.15, 0.2) is 40.9 Å². The number of rotatable bonds is 2. The third-order valence-corrected chi connectivity index (χ3v) is 3.76. The highest BCUT2D eigenvalue weighted by Gasteiger charge is 2.13. The molecule has 0 amide bonds. The fourth-order valence-electron chi connectivity index (χ4n) is 2.03. The normalized spacial score (nSPS) is 12.1. The third-order valence-electron chi connectivity index (χ3n) is 3.07. The Morgan fingerprint density at radius 1 is 1.10 bits per heavy atom. The van der Waals surface area contributed by atoms with Crippen LogP contribution in [0.25, 0.3) is 0 Å². The van der Waals surface area contributed by atoms with E-state index in [1.807, 2.05) is 43.3 Å². The molecule has 0 aromatic heterocycles. The van der Waals surface area contributed by atoms with Crippen LogP contribution < -0.4 is 20.1 Å². The SMILES string of the molecule is Cc1cc(Br)ccc1NC(=S)Nc1ccc2c(c1)OCO2. The summed E-state index contributed by atoms with van der Waals surface area (Å²) >= 11 is 8.78. The van der Waals surface area contributed by atoms with Gasteiger partial charge in [0.2, 0.25) is 6.79 Å². The first-order valence-electron chi connectivity index (χ1n) is 6.35. The molecule has 108 valence electrons. The van der Waals surface area contributed by atoms with E-state index in [0.29, 0.717) is 5.11 Å². The van der Waals surface area contributed by atoms with E-state index in [2.05, 4.69) is 26.6 Å². The molecule has 0 unspecified atom stereocenters. The molecule has 0 fully saturated rings. The van der Waals surface area contributed by atoms with Crippen LogP contribution in [0.4, 0.5) is 11.4 Å². The highest BCUT2D eigenvalue weighted by atomic mass is 79.9. The Kier molecular flexibility index (Phi) is 3.98. The maximum atomic E-state index is 5.34. The molecule has 6 heteroatoms. The summed E-state index contributed by atoms with van der Waals surface area (Å²) in [6, 6.07) is 11.6. The highest BCUT2D eigenvalue weighted by molar-refractivity contribution is 9.10. The number of anilines is 2. The molecule has 0 aliphatic carbocycles. The number of ether oxygens (including phenoxy) is 2. The standard InChI is InChI=1S/C15H13BrN2O2S/c1-9-6-10(16)2-4-12(9)18-15(21)17-11-3-5-13-14(7-11)20-8-19-13/h2-7H,8H2,1H3,(H2,17,18,21). The van der Waals surface area contributed by atoms with Crippen molar-refractivity contribution < 1.29 is 9.47 Å². The van der Waals surface area contributed by atoms with E-state index in [1.54, 1.807) is 0 Å². The average molecular weight is 365 g/mol. The van der Waals surface area contributed by atoms with Crippen molar-refractivity contribution in [3.63, 3.8) is 0 Å². The van der Waals surface area contributed by atoms with Crippen LogP contribution >= 0.6 is 28.1 Å². The first-order valence-corrected chi connectivity index (χ1v) is 7.56. The Labute approximate surface area is 136 Å². The molecule has 0 spiro atoms. The van der Waals surface area contributed by atoms with Crippen LogP contribution in [0.1, 0.15) is 5.56 Å². The van der Waals surface area contributed by atoms with Gasteiger partial charge in [0.1, 0.15) is 0 Å².